The zero-order chi connectivity index (χ0) is 14.7. The zero-order valence-corrected chi connectivity index (χ0v) is 12.5. The third-order valence-corrected chi connectivity index (χ3v) is 3.77. The third-order valence-electron chi connectivity index (χ3n) is 2.62. The molecule has 0 aliphatic rings. The number of carbonyl (C=O) groups is 1. The van der Waals surface area contributed by atoms with E-state index in [1.165, 1.54) is 18.2 Å². The van der Waals surface area contributed by atoms with Gasteiger partial charge in [-0.25, -0.2) is 9.18 Å². The minimum absolute atomic E-state index is 0.0457. The van der Waals surface area contributed by atoms with Crippen LogP contribution in [0.2, 0.25) is 5.02 Å². The van der Waals surface area contributed by atoms with E-state index in [9.17, 15) is 9.18 Å². The molecular weight excluding hydrogens is 349 g/mol. The van der Waals surface area contributed by atoms with Crippen molar-refractivity contribution in [3.63, 3.8) is 0 Å². The number of carbonyl (C=O) groups excluding carboxylic acids is 1. The molecule has 0 heterocycles. The van der Waals surface area contributed by atoms with Gasteiger partial charge in [-0.1, -0.05) is 23.7 Å². The van der Waals surface area contributed by atoms with Crippen molar-refractivity contribution in [1.29, 1.82) is 0 Å². The first kappa shape index (κ1) is 14.8. The number of hydrogen-bond acceptors (Lipinski definition) is 3. The van der Waals surface area contributed by atoms with Crippen LogP contribution in [0.1, 0.15) is 15.9 Å². The Kier molecular flexibility index (Phi) is 4.62. The van der Waals surface area contributed by atoms with Gasteiger partial charge in [0.15, 0.2) is 0 Å². The van der Waals surface area contributed by atoms with Crippen molar-refractivity contribution in [1.82, 2.24) is 0 Å². The Morgan fingerprint density at radius 2 is 2.10 bits per heavy atom. The lowest BCUT2D eigenvalue weighted by molar-refractivity contribution is 0.0472. The molecule has 0 fully saturated rings. The van der Waals surface area contributed by atoms with E-state index in [1.807, 2.05) is 0 Å². The lowest BCUT2D eigenvalue weighted by Gasteiger charge is -2.08. The van der Waals surface area contributed by atoms with Crippen LogP contribution >= 0.6 is 27.5 Å². The number of halogens is 3. The maximum atomic E-state index is 13.2. The predicted molar refractivity (Wildman–Crippen MR) is 79.1 cm³/mol. The topological polar surface area (TPSA) is 52.3 Å². The van der Waals surface area contributed by atoms with Crippen LogP contribution in [-0.2, 0) is 11.3 Å². The van der Waals surface area contributed by atoms with Crippen LogP contribution < -0.4 is 5.73 Å². The molecule has 2 rings (SSSR count). The smallest absolute Gasteiger partial charge is 0.338 e. The van der Waals surface area contributed by atoms with Gasteiger partial charge in [-0.2, -0.15) is 0 Å². The van der Waals surface area contributed by atoms with Gasteiger partial charge in [-0.15, -0.1) is 0 Å². The van der Waals surface area contributed by atoms with E-state index in [0.29, 0.717) is 21.3 Å². The Balaban J connectivity index is 2.08. The van der Waals surface area contributed by atoms with Gasteiger partial charge in [-0.3, -0.25) is 0 Å². The van der Waals surface area contributed by atoms with Crippen LogP contribution in [0.25, 0.3) is 0 Å². The molecule has 2 N–H and O–H groups in total. The summed E-state index contributed by atoms with van der Waals surface area (Å²) in [6.45, 7) is -0.106. The zero-order valence-electron chi connectivity index (χ0n) is 10.2. The fraction of sp³-hybridized carbons (Fsp3) is 0.0714. The van der Waals surface area contributed by atoms with Gasteiger partial charge < -0.3 is 10.5 Å². The van der Waals surface area contributed by atoms with Crippen LogP contribution in [0.15, 0.2) is 40.9 Å². The molecule has 2 aromatic carbocycles. The summed E-state index contributed by atoms with van der Waals surface area (Å²) in [6, 6.07) is 9.07. The molecule has 0 saturated heterocycles. The van der Waals surface area contributed by atoms with Crippen molar-refractivity contribution in [2.75, 3.05) is 5.73 Å². The van der Waals surface area contributed by atoms with Crippen molar-refractivity contribution in [2.24, 2.45) is 0 Å². The molecule has 20 heavy (non-hydrogen) atoms. The summed E-state index contributed by atoms with van der Waals surface area (Å²) in [4.78, 5) is 11.8. The highest BCUT2D eigenvalue weighted by Gasteiger charge is 2.11. The summed E-state index contributed by atoms with van der Waals surface area (Å²) in [7, 11) is 0. The molecule has 2 aromatic rings. The molecule has 0 aliphatic heterocycles. The van der Waals surface area contributed by atoms with E-state index >= 15 is 0 Å². The first-order valence-electron chi connectivity index (χ1n) is 5.64. The number of nitrogens with two attached hydrogens (primary N) is 1. The number of nitrogen functional groups attached to an aromatic ring is 1. The maximum absolute atomic E-state index is 13.2. The SMILES string of the molecule is Nc1cc(C(=O)OCc2cccc(F)c2Cl)ccc1Br. The Labute approximate surface area is 128 Å². The molecule has 3 nitrogen and oxygen atoms in total. The molecule has 0 amide bonds. The lowest BCUT2D eigenvalue weighted by Crippen LogP contribution is -2.06. The Bertz CT molecular complexity index is 664. The van der Waals surface area contributed by atoms with Crippen molar-refractivity contribution in [2.45, 2.75) is 6.61 Å². The average molecular weight is 359 g/mol. The number of rotatable bonds is 3. The van der Waals surface area contributed by atoms with Crippen LogP contribution in [-0.4, -0.2) is 5.97 Å². The standard InChI is InChI=1S/C14H10BrClFNO2/c15-10-5-4-8(6-12(10)18)14(19)20-7-9-2-1-3-11(17)13(9)16/h1-6H,7,18H2. The second-order valence-electron chi connectivity index (χ2n) is 4.03. The number of esters is 1. The van der Waals surface area contributed by atoms with E-state index in [1.54, 1.807) is 18.2 Å². The molecule has 0 atom stereocenters. The van der Waals surface area contributed by atoms with Gasteiger partial charge in [0, 0.05) is 15.7 Å². The highest BCUT2D eigenvalue weighted by atomic mass is 79.9. The molecular formula is C14H10BrClFNO2. The minimum Gasteiger partial charge on any atom is -0.457 e. The molecule has 0 aliphatic carbocycles. The van der Waals surface area contributed by atoms with E-state index in [2.05, 4.69) is 15.9 Å². The summed E-state index contributed by atoms with van der Waals surface area (Å²) in [5, 5.41) is -0.0457. The van der Waals surface area contributed by atoms with E-state index < -0.39 is 11.8 Å². The fourth-order valence-corrected chi connectivity index (χ4v) is 1.98. The van der Waals surface area contributed by atoms with Crippen LogP contribution in [0.3, 0.4) is 0 Å². The second kappa shape index (κ2) is 6.24. The summed E-state index contributed by atoms with van der Waals surface area (Å²) in [5.74, 6) is -1.10. The Morgan fingerprint density at radius 1 is 1.35 bits per heavy atom. The van der Waals surface area contributed by atoms with Gasteiger partial charge in [0.2, 0.25) is 0 Å². The van der Waals surface area contributed by atoms with Crippen molar-refractivity contribution in [3.8, 4) is 0 Å². The quantitative estimate of drug-likeness (QED) is 0.661. The van der Waals surface area contributed by atoms with E-state index in [-0.39, 0.29) is 11.6 Å². The lowest BCUT2D eigenvalue weighted by atomic mass is 10.2. The van der Waals surface area contributed by atoms with E-state index in [4.69, 9.17) is 22.1 Å². The normalized spacial score (nSPS) is 10.3. The second-order valence-corrected chi connectivity index (χ2v) is 5.26. The van der Waals surface area contributed by atoms with E-state index in [0.717, 1.165) is 0 Å². The highest BCUT2D eigenvalue weighted by molar-refractivity contribution is 9.10. The third kappa shape index (κ3) is 3.29. The number of ether oxygens (including phenoxy) is 1. The van der Waals surface area contributed by atoms with Crippen LogP contribution in [0, 0.1) is 5.82 Å². The molecule has 0 aromatic heterocycles. The van der Waals surface area contributed by atoms with Gasteiger partial charge in [-0.05, 0) is 40.2 Å². The van der Waals surface area contributed by atoms with Crippen molar-refractivity contribution in [3.05, 3.63) is 62.8 Å². The Hall–Kier alpha value is -1.59. The fourth-order valence-electron chi connectivity index (χ4n) is 1.56. The average Bonchev–Trinajstić information content (AvgIpc) is 2.43. The monoisotopic (exact) mass is 357 g/mol. The largest absolute Gasteiger partial charge is 0.457 e. The molecule has 0 radical (unpaired) electrons. The predicted octanol–water partition coefficient (Wildman–Crippen LogP) is 4.18. The summed E-state index contributed by atoms with van der Waals surface area (Å²) >= 11 is 9.01. The number of hydrogen-bond donors (Lipinski definition) is 1. The number of anilines is 1. The number of benzene rings is 2. The highest BCUT2D eigenvalue weighted by Crippen LogP contribution is 2.22. The van der Waals surface area contributed by atoms with Crippen molar-refractivity contribution < 1.29 is 13.9 Å². The van der Waals surface area contributed by atoms with Crippen molar-refractivity contribution >= 4 is 39.2 Å². The van der Waals surface area contributed by atoms with Gasteiger partial charge in [0.25, 0.3) is 0 Å². The molecule has 104 valence electrons. The maximum Gasteiger partial charge on any atom is 0.338 e. The summed E-state index contributed by atoms with van der Waals surface area (Å²) < 4.78 is 19.0. The molecule has 0 saturated carbocycles. The first-order valence-corrected chi connectivity index (χ1v) is 6.81. The van der Waals surface area contributed by atoms with Gasteiger partial charge in [0.05, 0.1) is 10.6 Å². The first-order chi connectivity index (χ1) is 9.49. The van der Waals surface area contributed by atoms with Crippen LogP contribution in [0.4, 0.5) is 10.1 Å². The van der Waals surface area contributed by atoms with Gasteiger partial charge in [0.1, 0.15) is 12.4 Å². The molecule has 0 bridgehead atoms. The summed E-state index contributed by atoms with van der Waals surface area (Å²) in [6.07, 6.45) is 0. The summed E-state index contributed by atoms with van der Waals surface area (Å²) in [5.41, 5.74) is 6.84. The molecule has 0 unspecified atom stereocenters. The Morgan fingerprint density at radius 3 is 2.80 bits per heavy atom. The minimum atomic E-state index is -0.551. The van der Waals surface area contributed by atoms with Crippen LogP contribution in [0.5, 0.6) is 0 Å². The molecule has 0 spiro atoms. The molecule has 6 heteroatoms. The van der Waals surface area contributed by atoms with Gasteiger partial charge >= 0.3 is 5.97 Å².